The Bertz CT molecular complexity index is 1270. The van der Waals surface area contributed by atoms with Gasteiger partial charge in [-0.25, -0.2) is 4.98 Å². The second kappa shape index (κ2) is 8.18. The van der Waals surface area contributed by atoms with Gasteiger partial charge in [0.25, 0.3) is 0 Å². The smallest absolute Gasteiger partial charge is 0.325 e. The van der Waals surface area contributed by atoms with Crippen LogP contribution in [0.25, 0.3) is 16.7 Å². The van der Waals surface area contributed by atoms with Gasteiger partial charge in [0.1, 0.15) is 10.9 Å². The van der Waals surface area contributed by atoms with Crippen molar-refractivity contribution in [1.29, 1.82) is 0 Å². The number of para-hydroxylation sites is 3. The third kappa shape index (κ3) is 4.20. The molecule has 0 saturated heterocycles. The molecule has 0 bridgehead atoms. The van der Waals surface area contributed by atoms with Crippen LogP contribution in [-0.2, 0) is 11.0 Å². The molecule has 2 aromatic carbocycles. The van der Waals surface area contributed by atoms with E-state index in [0.29, 0.717) is 16.2 Å². The Kier molecular flexibility index (Phi) is 5.57. The number of nitrogens with one attached hydrogen (secondary N) is 1. The molecule has 0 fully saturated rings. The summed E-state index contributed by atoms with van der Waals surface area (Å²) in [6.07, 6.45) is -4.56. The van der Waals surface area contributed by atoms with Gasteiger partial charge in [-0.15, -0.1) is 10.2 Å². The average Bonchev–Trinajstić information content (AvgIpc) is 3.18. The molecule has 0 aliphatic carbocycles. The molecular weight excluding hydrogens is 427 g/mol. The lowest BCUT2D eigenvalue weighted by molar-refractivity contribution is -0.137. The van der Waals surface area contributed by atoms with Gasteiger partial charge in [0.15, 0.2) is 5.65 Å². The molecule has 10 heteroatoms. The Labute approximate surface area is 179 Å². The molecule has 0 radical (unpaired) electrons. The van der Waals surface area contributed by atoms with Gasteiger partial charge in [-0.2, -0.15) is 13.2 Å². The van der Waals surface area contributed by atoms with Gasteiger partial charge in [0, 0.05) is 5.92 Å². The zero-order valence-electron chi connectivity index (χ0n) is 16.6. The van der Waals surface area contributed by atoms with Gasteiger partial charge < -0.3 is 5.32 Å². The van der Waals surface area contributed by atoms with Gasteiger partial charge in [-0.3, -0.25) is 9.20 Å². The summed E-state index contributed by atoms with van der Waals surface area (Å²) in [5, 5.41) is 11.3. The fourth-order valence-electron chi connectivity index (χ4n) is 3.21. The number of rotatable bonds is 5. The van der Waals surface area contributed by atoms with Crippen molar-refractivity contribution >= 4 is 40.0 Å². The van der Waals surface area contributed by atoms with Crippen LogP contribution in [0, 0.1) is 0 Å². The minimum Gasteiger partial charge on any atom is -0.325 e. The molecule has 4 aromatic rings. The number of halogens is 3. The first-order chi connectivity index (χ1) is 14.8. The Morgan fingerprint density at radius 2 is 1.81 bits per heavy atom. The molecule has 6 nitrogen and oxygen atoms in total. The number of fused-ring (bicyclic) bond motifs is 3. The maximum Gasteiger partial charge on any atom is 0.418 e. The molecule has 4 rings (SSSR count). The predicted octanol–water partition coefficient (Wildman–Crippen LogP) is 5.15. The second-order valence-electron chi connectivity index (χ2n) is 7.16. The van der Waals surface area contributed by atoms with Crippen molar-refractivity contribution in [3.63, 3.8) is 0 Å². The number of benzene rings is 2. The highest BCUT2D eigenvalue weighted by molar-refractivity contribution is 8.00. The molecule has 2 heterocycles. The fourth-order valence-corrected chi connectivity index (χ4v) is 3.97. The van der Waals surface area contributed by atoms with Gasteiger partial charge in [0.2, 0.25) is 5.91 Å². The average molecular weight is 445 g/mol. The lowest BCUT2D eigenvalue weighted by Gasteiger charge is -2.13. The Morgan fingerprint density at radius 3 is 2.55 bits per heavy atom. The Hall–Kier alpha value is -3.14. The summed E-state index contributed by atoms with van der Waals surface area (Å²) < 4.78 is 41.4. The minimum absolute atomic E-state index is 0.112. The van der Waals surface area contributed by atoms with E-state index >= 15 is 0 Å². The first kappa shape index (κ1) is 21.1. The van der Waals surface area contributed by atoms with E-state index in [1.165, 1.54) is 18.2 Å². The highest BCUT2D eigenvalue weighted by atomic mass is 32.2. The molecule has 0 aliphatic rings. The number of amides is 1. The molecule has 0 saturated carbocycles. The Morgan fingerprint density at radius 1 is 1.10 bits per heavy atom. The fraction of sp³-hybridized carbons (Fsp3) is 0.238. The van der Waals surface area contributed by atoms with E-state index in [1.54, 1.807) is 0 Å². The number of thioether (sulfide) groups is 1. The molecule has 31 heavy (non-hydrogen) atoms. The van der Waals surface area contributed by atoms with Crippen LogP contribution in [0.15, 0.2) is 53.6 Å². The molecule has 0 atom stereocenters. The van der Waals surface area contributed by atoms with Crippen molar-refractivity contribution in [2.45, 2.75) is 31.0 Å². The third-order valence-electron chi connectivity index (χ3n) is 4.59. The molecule has 1 amide bonds. The molecule has 0 unspecified atom stereocenters. The topological polar surface area (TPSA) is 72.2 Å². The number of nitrogens with zero attached hydrogens (tertiary/aromatic N) is 4. The zero-order chi connectivity index (χ0) is 22.2. The van der Waals surface area contributed by atoms with Gasteiger partial charge in [-0.1, -0.05) is 49.9 Å². The van der Waals surface area contributed by atoms with E-state index in [4.69, 9.17) is 0 Å². The Balaban J connectivity index is 1.62. The van der Waals surface area contributed by atoms with Crippen molar-refractivity contribution < 1.29 is 18.0 Å². The van der Waals surface area contributed by atoms with Crippen LogP contribution in [0.2, 0.25) is 0 Å². The summed E-state index contributed by atoms with van der Waals surface area (Å²) in [7, 11) is 0. The van der Waals surface area contributed by atoms with Crippen LogP contribution >= 0.6 is 11.8 Å². The molecular formula is C21H18F3N5OS. The lowest BCUT2D eigenvalue weighted by Crippen LogP contribution is -2.18. The normalized spacial score (nSPS) is 12.1. The van der Waals surface area contributed by atoms with Crippen LogP contribution in [0.5, 0.6) is 0 Å². The second-order valence-corrected chi connectivity index (χ2v) is 8.12. The van der Waals surface area contributed by atoms with Crippen LogP contribution in [0.1, 0.15) is 31.2 Å². The summed E-state index contributed by atoms with van der Waals surface area (Å²) in [6, 6.07) is 12.4. The number of alkyl halides is 3. The van der Waals surface area contributed by atoms with Crippen LogP contribution in [-0.4, -0.2) is 31.2 Å². The summed E-state index contributed by atoms with van der Waals surface area (Å²) >= 11 is 1.10. The maximum absolute atomic E-state index is 13.2. The maximum atomic E-state index is 13.2. The number of anilines is 1. The summed E-state index contributed by atoms with van der Waals surface area (Å²) in [6.45, 7) is 4.01. The number of carbonyl (C=O) groups is 1. The number of hydrogen-bond donors (Lipinski definition) is 1. The van der Waals surface area contributed by atoms with E-state index in [-0.39, 0.29) is 17.4 Å². The van der Waals surface area contributed by atoms with Crippen LogP contribution in [0.4, 0.5) is 18.9 Å². The van der Waals surface area contributed by atoms with Crippen molar-refractivity contribution in [2.24, 2.45) is 0 Å². The molecule has 160 valence electrons. The van der Waals surface area contributed by atoms with Gasteiger partial charge in [0.05, 0.1) is 28.0 Å². The highest BCUT2D eigenvalue weighted by Gasteiger charge is 2.33. The molecule has 0 spiro atoms. The summed E-state index contributed by atoms with van der Waals surface area (Å²) in [5.74, 6) is 0.176. The quantitative estimate of drug-likeness (QED) is 0.430. The monoisotopic (exact) mass is 445 g/mol. The summed E-state index contributed by atoms with van der Waals surface area (Å²) in [5.41, 5.74) is 0.900. The van der Waals surface area contributed by atoms with E-state index in [9.17, 15) is 18.0 Å². The van der Waals surface area contributed by atoms with Crippen LogP contribution < -0.4 is 5.32 Å². The van der Waals surface area contributed by atoms with Crippen molar-refractivity contribution in [2.75, 3.05) is 11.1 Å². The first-order valence-electron chi connectivity index (χ1n) is 9.48. The van der Waals surface area contributed by atoms with E-state index in [2.05, 4.69) is 20.5 Å². The van der Waals surface area contributed by atoms with Crippen molar-refractivity contribution in [1.82, 2.24) is 19.6 Å². The number of carbonyl (C=O) groups excluding carboxylic acids is 1. The standard InChI is InChI=1S/C21H18F3N5OS/c1-12(2)18-27-28-19-20(26-15-9-5-6-10-16(15)29(18)19)31-11-17(30)25-14-8-4-3-7-13(14)21(22,23)24/h3-10,12H,11H2,1-2H3,(H,25,30). The third-order valence-corrected chi connectivity index (χ3v) is 5.54. The van der Waals surface area contributed by atoms with E-state index in [1.807, 2.05) is 42.5 Å². The highest BCUT2D eigenvalue weighted by Crippen LogP contribution is 2.35. The van der Waals surface area contributed by atoms with E-state index < -0.39 is 17.6 Å². The molecule has 2 aromatic heterocycles. The first-order valence-corrected chi connectivity index (χ1v) is 10.5. The minimum atomic E-state index is -4.56. The molecule has 1 N–H and O–H groups in total. The van der Waals surface area contributed by atoms with Crippen LogP contribution in [0.3, 0.4) is 0 Å². The predicted molar refractivity (Wildman–Crippen MR) is 113 cm³/mol. The molecule has 0 aliphatic heterocycles. The van der Waals surface area contributed by atoms with E-state index in [0.717, 1.165) is 29.2 Å². The number of hydrogen-bond acceptors (Lipinski definition) is 5. The lowest BCUT2D eigenvalue weighted by atomic mass is 10.1. The SMILES string of the molecule is CC(C)c1nnc2c(SCC(=O)Nc3ccccc3C(F)(F)F)nc3ccccc3n12. The largest absolute Gasteiger partial charge is 0.418 e. The van der Waals surface area contributed by atoms with Gasteiger partial charge in [-0.05, 0) is 24.3 Å². The van der Waals surface area contributed by atoms with Crippen molar-refractivity contribution in [3.05, 3.63) is 59.9 Å². The van der Waals surface area contributed by atoms with Crippen molar-refractivity contribution in [3.8, 4) is 0 Å². The number of aromatic nitrogens is 4. The van der Waals surface area contributed by atoms with Gasteiger partial charge >= 0.3 is 6.18 Å². The zero-order valence-corrected chi connectivity index (χ0v) is 17.5. The summed E-state index contributed by atoms with van der Waals surface area (Å²) in [4.78, 5) is 17.0.